The molecular weight excluding hydrogens is 477 g/mol. The zero-order chi connectivity index (χ0) is 21.7. The van der Waals surface area contributed by atoms with Crippen molar-refractivity contribution in [1.29, 1.82) is 0 Å². The van der Waals surface area contributed by atoms with Gasteiger partial charge in [-0.3, -0.25) is 14.3 Å². The lowest BCUT2D eigenvalue weighted by Gasteiger charge is -2.47. The maximum atomic E-state index is 13.2. The van der Waals surface area contributed by atoms with Gasteiger partial charge in [0.05, 0.1) is 5.52 Å². The number of thiazole rings is 1. The second-order valence-electron chi connectivity index (χ2n) is 8.50. The highest BCUT2D eigenvalue weighted by Crippen LogP contribution is 2.31. The first-order valence-corrected chi connectivity index (χ1v) is 12.1. The second kappa shape index (κ2) is 9.11. The summed E-state index contributed by atoms with van der Waals surface area (Å²) in [5, 5.41) is 1.49. The molecule has 33 heavy (non-hydrogen) atoms. The summed E-state index contributed by atoms with van der Waals surface area (Å²) in [6.45, 7) is 2.04. The van der Waals surface area contributed by atoms with Crippen LogP contribution in [0.2, 0.25) is 5.02 Å². The largest absolute Gasteiger partial charge is 0.488 e. The SMILES string of the molecule is Cl.O=c1c2sc(-c3ccc(Cl)cc3)nc2ccn1-c1ccc(OC2CN(C3CCC3)C2)cc1. The van der Waals surface area contributed by atoms with Crippen molar-refractivity contribution in [3.63, 3.8) is 0 Å². The summed E-state index contributed by atoms with van der Waals surface area (Å²) in [6.07, 6.45) is 6.09. The number of hydrogen-bond donors (Lipinski definition) is 0. The summed E-state index contributed by atoms with van der Waals surface area (Å²) in [7, 11) is 0. The number of likely N-dealkylation sites (tertiary alicyclic amines) is 1. The Morgan fingerprint density at radius 1 is 1.00 bits per heavy atom. The van der Waals surface area contributed by atoms with Crippen LogP contribution in [0.5, 0.6) is 5.75 Å². The van der Waals surface area contributed by atoms with E-state index >= 15 is 0 Å². The number of fused-ring (bicyclic) bond motifs is 1. The predicted molar refractivity (Wildman–Crippen MR) is 137 cm³/mol. The number of ether oxygens (including phenoxy) is 1. The first-order valence-electron chi connectivity index (χ1n) is 10.9. The van der Waals surface area contributed by atoms with Gasteiger partial charge in [0.2, 0.25) is 0 Å². The average molecular weight is 500 g/mol. The molecule has 1 saturated heterocycles. The molecule has 2 aromatic carbocycles. The van der Waals surface area contributed by atoms with Crippen LogP contribution in [0.4, 0.5) is 0 Å². The fourth-order valence-electron chi connectivity index (χ4n) is 4.31. The number of rotatable bonds is 5. The van der Waals surface area contributed by atoms with Crippen molar-refractivity contribution in [2.24, 2.45) is 0 Å². The minimum atomic E-state index is -0.0657. The third kappa shape index (κ3) is 4.28. The fourth-order valence-corrected chi connectivity index (χ4v) is 5.43. The van der Waals surface area contributed by atoms with Crippen LogP contribution in [0.15, 0.2) is 65.6 Å². The van der Waals surface area contributed by atoms with E-state index in [2.05, 4.69) is 9.88 Å². The van der Waals surface area contributed by atoms with Crippen molar-refractivity contribution in [2.75, 3.05) is 13.1 Å². The van der Waals surface area contributed by atoms with Gasteiger partial charge in [0.15, 0.2) is 0 Å². The van der Waals surface area contributed by atoms with Gasteiger partial charge in [0.1, 0.15) is 21.6 Å². The summed E-state index contributed by atoms with van der Waals surface area (Å²) in [5.74, 6) is 0.851. The van der Waals surface area contributed by atoms with E-state index in [4.69, 9.17) is 16.3 Å². The van der Waals surface area contributed by atoms with Gasteiger partial charge in [-0.25, -0.2) is 4.98 Å². The highest BCUT2D eigenvalue weighted by Gasteiger charge is 2.36. The van der Waals surface area contributed by atoms with E-state index in [0.717, 1.165) is 41.1 Å². The topological polar surface area (TPSA) is 47.4 Å². The molecule has 0 unspecified atom stereocenters. The Kier molecular flexibility index (Phi) is 6.18. The van der Waals surface area contributed by atoms with E-state index in [-0.39, 0.29) is 24.1 Å². The molecule has 2 aliphatic rings. The summed E-state index contributed by atoms with van der Waals surface area (Å²) in [5.41, 5.74) is 2.41. The zero-order valence-corrected chi connectivity index (χ0v) is 20.2. The van der Waals surface area contributed by atoms with Gasteiger partial charge in [-0.05, 0) is 55.3 Å². The number of aromatic nitrogens is 2. The Bertz CT molecular complexity index is 1320. The van der Waals surface area contributed by atoms with Crippen LogP contribution in [-0.2, 0) is 0 Å². The average Bonchev–Trinajstić information content (AvgIpc) is 3.18. The van der Waals surface area contributed by atoms with Crippen molar-refractivity contribution in [3.8, 4) is 22.0 Å². The summed E-state index contributed by atoms with van der Waals surface area (Å²) in [6, 6.07) is 18.0. The van der Waals surface area contributed by atoms with Gasteiger partial charge in [-0.1, -0.05) is 30.2 Å². The third-order valence-electron chi connectivity index (χ3n) is 6.42. The smallest absolute Gasteiger partial charge is 0.274 e. The number of hydrogen-bond acceptors (Lipinski definition) is 5. The van der Waals surface area contributed by atoms with Crippen LogP contribution in [0.1, 0.15) is 19.3 Å². The minimum Gasteiger partial charge on any atom is -0.488 e. The fraction of sp³-hybridized carbons (Fsp3) is 0.280. The number of pyridine rings is 1. The first-order chi connectivity index (χ1) is 15.6. The normalized spacial score (nSPS) is 16.8. The van der Waals surface area contributed by atoms with Crippen LogP contribution in [0.25, 0.3) is 26.5 Å². The zero-order valence-electron chi connectivity index (χ0n) is 17.8. The van der Waals surface area contributed by atoms with E-state index < -0.39 is 0 Å². The molecule has 0 spiro atoms. The van der Waals surface area contributed by atoms with Crippen LogP contribution >= 0.6 is 35.3 Å². The molecule has 6 rings (SSSR count). The van der Waals surface area contributed by atoms with E-state index in [1.807, 2.05) is 54.6 Å². The lowest BCUT2D eigenvalue weighted by atomic mass is 9.89. The Morgan fingerprint density at radius 2 is 1.73 bits per heavy atom. The van der Waals surface area contributed by atoms with Gasteiger partial charge in [0.25, 0.3) is 5.56 Å². The van der Waals surface area contributed by atoms with E-state index in [9.17, 15) is 4.79 Å². The van der Waals surface area contributed by atoms with Crippen molar-refractivity contribution in [1.82, 2.24) is 14.5 Å². The molecule has 0 bridgehead atoms. The maximum Gasteiger partial charge on any atom is 0.274 e. The predicted octanol–water partition coefficient (Wildman–Crippen LogP) is 5.80. The lowest BCUT2D eigenvalue weighted by Crippen LogP contribution is -2.59. The lowest BCUT2D eigenvalue weighted by molar-refractivity contribution is -0.0308. The maximum absolute atomic E-state index is 13.2. The molecule has 2 aromatic heterocycles. The summed E-state index contributed by atoms with van der Waals surface area (Å²) < 4.78 is 8.41. The third-order valence-corrected chi connectivity index (χ3v) is 7.78. The Balaban J connectivity index is 0.00000228. The van der Waals surface area contributed by atoms with Crippen molar-refractivity contribution < 1.29 is 4.74 Å². The van der Waals surface area contributed by atoms with Crippen LogP contribution in [0.3, 0.4) is 0 Å². The molecule has 0 N–H and O–H groups in total. The van der Waals surface area contributed by atoms with Crippen LogP contribution < -0.4 is 10.3 Å². The van der Waals surface area contributed by atoms with E-state index in [0.29, 0.717) is 15.2 Å². The van der Waals surface area contributed by atoms with E-state index in [1.54, 1.807) is 10.8 Å². The highest BCUT2D eigenvalue weighted by atomic mass is 35.5. The number of halogens is 2. The Hall–Kier alpha value is -2.38. The second-order valence-corrected chi connectivity index (χ2v) is 9.94. The van der Waals surface area contributed by atoms with Gasteiger partial charge >= 0.3 is 0 Å². The van der Waals surface area contributed by atoms with Crippen molar-refractivity contribution in [3.05, 3.63) is 76.2 Å². The molecule has 0 amide bonds. The number of nitrogens with zero attached hydrogens (tertiary/aromatic N) is 3. The molecule has 170 valence electrons. The molecule has 8 heteroatoms. The first kappa shape index (κ1) is 22.4. The van der Waals surface area contributed by atoms with Crippen LogP contribution in [-0.4, -0.2) is 39.7 Å². The molecule has 0 radical (unpaired) electrons. The molecule has 0 atom stereocenters. The molecule has 3 heterocycles. The Labute approximate surface area is 207 Å². The van der Waals surface area contributed by atoms with Gasteiger partial charge in [-0.15, -0.1) is 23.7 Å². The molecular formula is C25H23Cl2N3O2S. The van der Waals surface area contributed by atoms with Crippen molar-refractivity contribution >= 4 is 45.6 Å². The molecule has 1 saturated carbocycles. The Morgan fingerprint density at radius 3 is 2.39 bits per heavy atom. The molecule has 4 aromatic rings. The van der Waals surface area contributed by atoms with Crippen molar-refractivity contribution in [2.45, 2.75) is 31.4 Å². The summed E-state index contributed by atoms with van der Waals surface area (Å²) in [4.78, 5) is 20.3. The molecule has 5 nitrogen and oxygen atoms in total. The summed E-state index contributed by atoms with van der Waals surface area (Å²) >= 11 is 7.39. The monoisotopic (exact) mass is 499 g/mol. The van der Waals surface area contributed by atoms with Gasteiger partial charge < -0.3 is 4.74 Å². The van der Waals surface area contributed by atoms with Crippen LogP contribution in [0, 0.1) is 0 Å². The molecule has 2 fully saturated rings. The number of benzene rings is 2. The minimum absolute atomic E-state index is 0. The van der Waals surface area contributed by atoms with E-state index in [1.165, 1.54) is 30.6 Å². The molecule has 1 aliphatic heterocycles. The van der Waals surface area contributed by atoms with Gasteiger partial charge in [0, 0.05) is 41.6 Å². The van der Waals surface area contributed by atoms with Gasteiger partial charge in [-0.2, -0.15) is 0 Å². The highest BCUT2D eigenvalue weighted by molar-refractivity contribution is 7.21. The quantitative estimate of drug-likeness (QED) is 0.347. The standard InChI is InChI=1S/C25H22ClN3O2S.ClH/c26-17-6-4-16(5-7-17)24-27-22-12-13-29(25(30)23(22)32-24)19-8-10-20(11-9-19)31-21-14-28(15-21)18-2-1-3-18;/h4-13,18,21H,1-3,14-15H2;1H. The molecule has 1 aliphatic carbocycles.